The Kier molecular flexibility index (Phi) is 7.53. The first kappa shape index (κ1) is 20.3. The number of likely N-dealkylation sites (tertiary alicyclic amines) is 1. The van der Waals surface area contributed by atoms with Crippen molar-refractivity contribution in [2.75, 3.05) is 20.1 Å². The van der Waals surface area contributed by atoms with E-state index in [0.29, 0.717) is 42.6 Å². The third-order valence-corrected chi connectivity index (χ3v) is 4.49. The summed E-state index contributed by atoms with van der Waals surface area (Å²) in [6.45, 7) is 1.69. The van der Waals surface area contributed by atoms with E-state index in [1.807, 2.05) is 11.9 Å². The number of benzene rings is 1. The zero-order valence-electron chi connectivity index (χ0n) is 14.8. The van der Waals surface area contributed by atoms with Crippen molar-refractivity contribution in [2.45, 2.75) is 38.1 Å². The van der Waals surface area contributed by atoms with Crippen molar-refractivity contribution in [3.63, 3.8) is 0 Å². The van der Waals surface area contributed by atoms with Crippen molar-refractivity contribution in [3.05, 3.63) is 36.0 Å². The first-order valence-electron chi connectivity index (χ1n) is 8.70. The zero-order valence-corrected chi connectivity index (χ0v) is 15.6. The number of nitrogens with one attached hydrogen (secondary N) is 1. The molecule has 0 spiro atoms. The molecule has 142 valence electrons. The van der Waals surface area contributed by atoms with Crippen LogP contribution in [0.1, 0.15) is 31.6 Å². The Morgan fingerprint density at radius 1 is 1.38 bits per heavy atom. The molecule has 1 N–H and O–H groups in total. The van der Waals surface area contributed by atoms with E-state index in [1.165, 1.54) is 12.1 Å². The van der Waals surface area contributed by atoms with Crippen LogP contribution in [0.5, 0.6) is 0 Å². The molecule has 2 aromatic rings. The van der Waals surface area contributed by atoms with Gasteiger partial charge in [-0.05, 0) is 50.6 Å². The van der Waals surface area contributed by atoms with E-state index in [4.69, 9.17) is 4.52 Å². The minimum atomic E-state index is -0.301. The minimum Gasteiger partial charge on any atom is -0.339 e. The van der Waals surface area contributed by atoms with E-state index < -0.39 is 0 Å². The fourth-order valence-corrected chi connectivity index (χ4v) is 3.22. The molecular weight excluding hydrogens is 359 g/mol. The van der Waals surface area contributed by atoms with Crippen molar-refractivity contribution in [3.8, 4) is 11.4 Å². The molecule has 1 aliphatic rings. The van der Waals surface area contributed by atoms with E-state index >= 15 is 0 Å². The molecule has 1 aromatic heterocycles. The highest BCUT2D eigenvalue weighted by molar-refractivity contribution is 5.85. The maximum atomic E-state index is 12.9. The zero-order chi connectivity index (χ0) is 17.6. The molecule has 0 aliphatic carbocycles. The van der Waals surface area contributed by atoms with Crippen LogP contribution in [0.15, 0.2) is 28.8 Å². The van der Waals surface area contributed by atoms with Crippen molar-refractivity contribution >= 4 is 18.3 Å². The van der Waals surface area contributed by atoms with Crippen LogP contribution in [0.25, 0.3) is 11.4 Å². The lowest BCUT2D eigenvalue weighted by atomic mass is 10.2. The number of hydrogen-bond acceptors (Lipinski definition) is 5. The van der Waals surface area contributed by atoms with Crippen molar-refractivity contribution < 1.29 is 13.7 Å². The molecule has 26 heavy (non-hydrogen) atoms. The summed E-state index contributed by atoms with van der Waals surface area (Å²) in [5, 5.41) is 7.06. The first-order valence-corrected chi connectivity index (χ1v) is 8.70. The van der Waals surface area contributed by atoms with E-state index in [0.717, 1.165) is 25.9 Å². The van der Waals surface area contributed by atoms with Crippen molar-refractivity contribution in [1.82, 2.24) is 20.4 Å². The Morgan fingerprint density at radius 3 is 2.88 bits per heavy atom. The predicted octanol–water partition coefficient (Wildman–Crippen LogP) is 2.83. The van der Waals surface area contributed by atoms with Gasteiger partial charge >= 0.3 is 0 Å². The van der Waals surface area contributed by atoms with Gasteiger partial charge in [-0.1, -0.05) is 5.16 Å². The average Bonchev–Trinajstić information content (AvgIpc) is 3.25. The molecule has 2 heterocycles. The number of halogens is 2. The normalized spacial score (nSPS) is 16.5. The molecule has 1 saturated heterocycles. The number of rotatable bonds is 7. The monoisotopic (exact) mass is 382 g/mol. The predicted molar refractivity (Wildman–Crippen MR) is 98.5 cm³/mol. The molecule has 6 nitrogen and oxygen atoms in total. The topological polar surface area (TPSA) is 71.3 Å². The molecule has 0 bridgehead atoms. The second-order valence-electron chi connectivity index (χ2n) is 6.31. The molecular formula is C18H24ClFN4O2. The summed E-state index contributed by atoms with van der Waals surface area (Å²) < 4.78 is 18.2. The Morgan fingerprint density at radius 2 is 2.15 bits per heavy atom. The number of likely N-dealkylation sites (N-methyl/N-ethyl adjacent to an activating group) is 1. The van der Waals surface area contributed by atoms with Crippen molar-refractivity contribution in [1.29, 1.82) is 0 Å². The lowest BCUT2D eigenvalue weighted by Crippen LogP contribution is -2.40. The van der Waals surface area contributed by atoms with Gasteiger partial charge in [0, 0.05) is 37.5 Å². The average molecular weight is 383 g/mol. The summed E-state index contributed by atoms with van der Waals surface area (Å²) in [7, 11) is 1.91. The van der Waals surface area contributed by atoms with E-state index in [9.17, 15) is 9.18 Å². The fourth-order valence-electron chi connectivity index (χ4n) is 3.22. The highest BCUT2D eigenvalue weighted by atomic mass is 35.5. The number of amides is 1. The van der Waals surface area contributed by atoms with Gasteiger partial charge in [0.25, 0.3) is 0 Å². The molecule has 0 radical (unpaired) electrons. The smallest absolute Gasteiger partial charge is 0.226 e. The van der Waals surface area contributed by atoms with Gasteiger partial charge in [-0.15, -0.1) is 12.4 Å². The summed E-state index contributed by atoms with van der Waals surface area (Å²) in [6.07, 6.45) is 3.85. The third-order valence-electron chi connectivity index (χ3n) is 4.49. The van der Waals surface area contributed by atoms with Crippen LogP contribution < -0.4 is 5.32 Å². The van der Waals surface area contributed by atoms with Gasteiger partial charge in [-0.25, -0.2) is 4.39 Å². The van der Waals surface area contributed by atoms with Gasteiger partial charge in [-0.2, -0.15) is 4.98 Å². The van der Waals surface area contributed by atoms with Gasteiger partial charge in [0.15, 0.2) is 0 Å². The van der Waals surface area contributed by atoms with E-state index in [1.54, 1.807) is 12.1 Å². The van der Waals surface area contributed by atoms with E-state index in [2.05, 4.69) is 15.5 Å². The van der Waals surface area contributed by atoms with Crippen LogP contribution in [-0.2, 0) is 11.2 Å². The lowest BCUT2D eigenvalue weighted by molar-refractivity contribution is -0.132. The molecule has 1 atom stereocenters. The molecule has 3 rings (SSSR count). The molecule has 1 amide bonds. The number of nitrogens with zero attached hydrogens (tertiary/aromatic N) is 3. The van der Waals surface area contributed by atoms with Crippen LogP contribution in [0.3, 0.4) is 0 Å². The molecule has 1 fully saturated rings. The maximum Gasteiger partial charge on any atom is 0.226 e. The maximum absolute atomic E-state index is 12.9. The number of aryl methyl sites for hydroxylation is 1. The van der Waals surface area contributed by atoms with Gasteiger partial charge < -0.3 is 14.7 Å². The van der Waals surface area contributed by atoms with E-state index in [-0.39, 0.29) is 24.1 Å². The number of aromatic nitrogens is 2. The number of hydrogen-bond donors (Lipinski definition) is 1. The molecule has 1 aromatic carbocycles. The van der Waals surface area contributed by atoms with Crippen LogP contribution >= 0.6 is 12.4 Å². The quantitative estimate of drug-likeness (QED) is 0.797. The largest absolute Gasteiger partial charge is 0.339 e. The van der Waals surface area contributed by atoms with Crippen LogP contribution in [0, 0.1) is 5.82 Å². The Bertz CT molecular complexity index is 707. The molecule has 1 aliphatic heterocycles. The highest BCUT2D eigenvalue weighted by Crippen LogP contribution is 2.19. The second-order valence-corrected chi connectivity index (χ2v) is 6.31. The summed E-state index contributed by atoms with van der Waals surface area (Å²) >= 11 is 0. The standard InChI is InChI=1S/C18H23FN4O2.ClH/c1-20-12-15-4-3-11-23(15)17(24)6-2-5-16-21-18(22-25-16)13-7-9-14(19)10-8-13;/h7-10,15,20H,2-6,11-12H2,1H3;1H. The molecule has 8 heteroatoms. The Hall–Kier alpha value is -1.99. The summed E-state index contributed by atoms with van der Waals surface area (Å²) in [5.74, 6) is 0.829. The lowest BCUT2D eigenvalue weighted by Gasteiger charge is -2.24. The summed E-state index contributed by atoms with van der Waals surface area (Å²) in [6, 6.07) is 6.26. The molecule has 1 unspecified atom stereocenters. The third kappa shape index (κ3) is 5.02. The van der Waals surface area contributed by atoms with Gasteiger partial charge in [-0.3, -0.25) is 4.79 Å². The van der Waals surface area contributed by atoms with Gasteiger partial charge in [0.05, 0.1) is 0 Å². The van der Waals surface area contributed by atoms with Crippen LogP contribution in [0.2, 0.25) is 0 Å². The van der Waals surface area contributed by atoms with Gasteiger partial charge in [0.1, 0.15) is 5.82 Å². The second kappa shape index (κ2) is 9.64. The first-order chi connectivity index (χ1) is 12.2. The summed E-state index contributed by atoms with van der Waals surface area (Å²) in [4.78, 5) is 18.7. The van der Waals surface area contributed by atoms with Crippen LogP contribution in [0.4, 0.5) is 4.39 Å². The molecule has 0 saturated carbocycles. The summed E-state index contributed by atoms with van der Waals surface area (Å²) in [5.41, 5.74) is 0.708. The van der Waals surface area contributed by atoms with Crippen molar-refractivity contribution in [2.24, 2.45) is 0 Å². The number of carbonyl (C=O) groups is 1. The Labute approximate surface area is 158 Å². The van der Waals surface area contributed by atoms with Crippen LogP contribution in [-0.4, -0.2) is 47.1 Å². The Balaban J connectivity index is 0.00000243. The fraction of sp³-hybridized carbons (Fsp3) is 0.500. The highest BCUT2D eigenvalue weighted by Gasteiger charge is 2.27. The number of carbonyl (C=O) groups excluding carboxylic acids is 1. The van der Waals surface area contributed by atoms with Gasteiger partial charge in [0.2, 0.25) is 17.6 Å². The minimum absolute atomic E-state index is 0. The SMILES string of the molecule is CNCC1CCCN1C(=O)CCCc1nc(-c2ccc(F)cc2)no1.Cl.